The first-order chi connectivity index (χ1) is 11.5. The summed E-state index contributed by atoms with van der Waals surface area (Å²) in [6.07, 6.45) is 0.952. The van der Waals surface area contributed by atoms with Gasteiger partial charge in [-0.3, -0.25) is 34.2 Å². The predicted octanol–water partition coefficient (Wildman–Crippen LogP) is -0.440. The van der Waals surface area contributed by atoms with Crippen molar-refractivity contribution in [1.82, 2.24) is 15.1 Å². The van der Waals surface area contributed by atoms with E-state index in [4.69, 9.17) is 0 Å². The zero-order valence-corrected chi connectivity index (χ0v) is 12.6. The van der Waals surface area contributed by atoms with E-state index in [2.05, 4.69) is 5.32 Å². The van der Waals surface area contributed by atoms with Gasteiger partial charge in [0.1, 0.15) is 6.04 Å². The van der Waals surface area contributed by atoms with Gasteiger partial charge in [-0.05, 0) is 29.7 Å². The van der Waals surface area contributed by atoms with Crippen molar-refractivity contribution in [3.8, 4) is 0 Å². The van der Waals surface area contributed by atoms with Crippen LogP contribution in [0.15, 0.2) is 12.1 Å². The molecule has 24 heavy (non-hydrogen) atoms. The van der Waals surface area contributed by atoms with Gasteiger partial charge in [-0.15, -0.1) is 0 Å². The molecule has 0 aromatic heterocycles. The highest BCUT2D eigenvalue weighted by Gasteiger charge is 2.45. The number of carbonyl (C=O) groups excluding carboxylic acids is 5. The fraction of sp³-hybridized carbons (Fsp3) is 0.312. The lowest BCUT2D eigenvalue weighted by atomic mass is 10.0. The number of nitrogens with zero attached hydrogens (tertiary/aromatic N) is 2. The van der Waals surface area contributed by atoms with E-state index in [-0.39, 0.29) is 24.0 Å². The molecule has 8 heteroatoms. The minimum Gasteiger partial charge on any atom is -0.337 e. The second kappa shape index (κ2) is 4.98. The molecule has 5 amide bonds. The van der Waals surface area contributed by atoms with Crippen LogP contribution in [0.5, 0.6) is 0 Å². The Labute approximate surface area is 136 Å². The Bertz CT molecular complexity index is 786. The molecule has 0 bridgehead atoms. The number of imide groups is 2. The van der Waals surface area contributed by atoms with Crippen molar-refractivity contribution in [2.45, 2.75) is 32.0 Å². The summed E-state index contributed by atoms with van der Waals surface area (Å²) in [6.45, 7) is 0.790. The first-order valence-corrected chi connectivity index (χ1v) is 7.56. The molecule has 1 saturated heterocycles. The summed E-state index contributed by atoms with van der Waals surface area (Å²) < 4.78 is 0. The molecule has 3 aliphatic heterocycles. The molecular formula is C16H13N3O5. The summed E-state index contributed by atoms with van der Waals surface area (Å²) in [7, 11) is 0. The molecule has 4 rings (SSSR count). The summed E-state index contributed by atoms with van der Waals surface area (Å²) in [5.74, 6) is -2.09. The Hall–Kier alpha value is -3.03. The van der Waals surface area contributed by atoms with Crippen molar-refractivity contribution in [2.24, 2.45) is 0 Å². The number of rotatable bonds is 2. The number of hydrogen-bond acceptors (Lipinski definition) is 5. The molecule has 8 nitrogen and oxygen atoms in total. The van der Waals surface area contributed by atoms with Gasteiger partial charge >= 0.3 is 0 Å². The summed E-state index contributed by atoms with van der Waals surface area (Å²) in [4.78, 5) is 61.9. The number of carbonyl (C=O) groups is 5. The van der Waals surface area contributed by atoms with E-state index in [1.807, 2.05) is 0 Å². The Morgan fingerprint density at radius 1 is 1.00 bits per heavy atom. The molecule has 1 aromatic carbocycles. The van der Waals surface area contributed by atoms with E-state index >= 15 is 0 Å². The fourth-order valence-electron chi connectivity index (χ4n) is 3.47. The molecule has 1 unspecified atom stereocenters. The van der Waals surface area contributed by atoms with Gasteiger partial charge < -0.3 is 4.90 Å². The maximum absolute atomic E-state index is 12.6. The van der Waals surface area contributed by atoms with Crippen LogP contribution in [0.3, 0.4) is 0 Å². The van der Waals surface area contributed by atoms with Crippen molar-refractivity contribution in [2.75, 3.05) is 0 Å². The van der Waals surface area contributed by atoms with Gasteiger partial charge in [0.15, 0.2) is 0 Å². The molecule has 122 valence electrons. The number of amides is 5. The highest BCUT2D eigenvalue weighted by atomic mass is 16.2. The number of hydrogen-bond donors (Lipinski definition) is 1. The van der Waals surface area contributed by atoms with Gasteiger partial charge in [-0.2, -0.15) is 0 Å². The van der Waals surface area contributed by atoms with Crippen LogP contribution in [-0.4, -0.2) is 45.9 Å². The second-order valence-corrected chi connectivity index (χ2v) is 6.12. The average molecular weight is 327 g/mol. The zero-order valence-electron chi connectivity index (χ0n) is 12.6. The van der Waals surface area contributed by atoms with E-state index in [0.717, 1.165) is 22.4 Å². The molecule has 3 aliphatic rings. The number of fused-ring (bicyclic) bond motifs is 2. The van der Waals surface area contributed by atoms with E-state index < -0.39 is 29.7 Å². The van der Waals surface area contributed by atoms with Crippen LogP contribution in [0, 0.1) is 0 Å². The van der Waals surface area contributed by atoms with Crippen molar-refractivity contribution in [1.29, 1.82) is 0 Å². The van der Waals surface area contributed by atoms with Gasteiger partial charge in [-0.1, -0.05) is 0 Å². The van der Waals surface area contributed by atoms with Gasteiger partial charge in [-0.25, -0.2) is 0 Å². The highest BCUT2D eigenvalue weighted by Crippen LogP contribution is 2.32. The molecule has 1 N–H and O–H groups in total. The number of nitrogens with one attached hydrogen (secondary N) is 1. The van der Waals surface area contributed by atoms with Gasteiger partial charge in [0.2, 0.25) is 18.2 Å². The Kier molecular flexibility index (Phi) is 3.02. The van der Waals surface area contributed by atoms with Crippen molar-refractivity contribution in [3.05, 3.63) is 34.4 Å². The van der Waals surface area contributed by atoms with Crippen molar-refractivity contribution < 1.29 is 24.0 Å². The quantitative estimate of drug-likeness (QED) is 0.586. The molecule has 0 aliphatic carbocycles. The largest absolute Gasteiger partial charge is 0.337 e. The zero-order chi connectivity index (χ0) is 17.0. The second-order valence-electron chi connectivity index (χ2n) is 6.12. The van der Waals surface area contributed by atoms with Crippen LogP contribution in [-0.2, 0) is 27.5 Å². The molecule has 1 fully saturated rings. The average Bonchev–Trinajstić information content (AvgIpc) is 3.06. The smallest absolute Gasteiger partial charge is 0.262 e. The van der Waals surface area contributed by atoms with Gasteiger partial charge in [0.05, 0.1) is 11.1 Å². The molecule has 0 spiro atoms. The number of benzene rings is 1. The Morgan fingerprint density at radius 3 is 2.08 bits per heavy atom. The Morgan fingerprint density at radius 2 is 1.58 bits per heavy atom. The van der Waals surface area contributed by atoms with E-state index in [0.29, 0.717) is 13.1 Å². The van der Waals surface area contributed by atoms with Crippen LogP contribution in [0.4, 0.5) is 0 Å². The minimum atomic E-state index is -0.962. The van der Waals surface area contributed by atoms with Crippen LogP contribution >= 0.6 is 0 Å². The van der Waals surface area contributed by atoms with E-state index in [1.165, 1.54) is 0 Å². The first-order valence-electron chi connectivity index (χ1n) is 7.56. The monoisotopic (exact) mass is 327 g/mol. The first kappa shape index (κ1) is 14.6. The molecule has 0 radical (unpaired) electrons. The van der Waals surface area contributed by atoms with Crippen LogP contribution < -0.4 is 5.32 Å². The third kappa shape index (κ3) is 1.96. The lowest BCUT2D eigenvalue weighted by Crippen LogP contribution is -2.54. The molecule has 3 heterocycles. The lowest BCUT2D eigenvalue weighted by Gasteiger charge is -2.27. The van der Waals surface area contributed by atoms with Crippen LogP contribution in [0.2, 0.25) is 0 Å². The maximum Gasteiger partial charge on any atom is 0.262 e. The SMILES string of the molecule is O=CN1Cc2cc3c(cc2C1)C(=O)N(C1CCC(=O)NC1=O)C3=O. The topological polar surface area (TPSA) is 104 Å². The standard InChI is InChI=1S/C16H13N3O5/c20-7-18-5-8-3-10-11(4-9(8)6-18)16(24)19(15(10)23)12-1-2-13(21)17-14(12)22/h3-4,7,12H,1-2,5-6H2,(H,17,21,22). The molecule has 1 aromatic rings. The van der Waals surface area contributed by atoms with Gasteiger partial charge in [0, 0.05) is 19.5 Å². The normalized spacial score (nSPS) is 22.6. The summed E-state index contributed by atoms with van der Waals surface area (Å²) in [6, 6.07) is 2.29. The van der Waals surface area contributed by atoms with Crippen LogP contribution in [0.25, 0.3) is 0 Å². The molecule has 1 atom stereocenters. The lowest BCUT2D eigenvalue weighted by molar-refractivity contribution is -0.136. The minimum absolute atomic E-state index is 0.0919. The maximum atomic E-state index is 12.6. The summed E-state index contributed by atoms with van der Waals surface area (Å²) in [5, 5.41) is 2.16. The van der Waals surface area contributed by atoms with Crippen molar-refractivity contribution in [3.63, 3.8) is 0 Å². The predicted molar refractivity (Wildman–Crippen MR) is 78.4 cm³/mol. The van der Waals surface area contributed by atoms with Gasteiger partial charge in [0.25, 0.3) is 11.8 Å². The highest BCUT2D eigenvalue weighted by molar-refractivity contribution is 6.23. The Balaban J connectivity index is 1.69. The third-order valence-corrected chi connectivity index (χ3v) is 4.66. The summed E-state index contributed by atoms with van der Waals surface area (Å²) >= 11 is 0. The molecule has 0 saturated carbocycles. The van der Waals surface area contributed by atoms with Crippen LogP contribution in [0.1, 0.15) is 44.7 Å². The van der Waals surface area contributed by atoms with E-state index in [9.17, 15) is 24.0 Å². The molecular weight excluding hydrogens is 314 g/mol. The fourth-order valence-corrected chi connectivity index (χ4v) is 3.47. The van der Waals surface area contributed by atoms with E-state index in [1.54, 1.807) is 17.0 Å². The third-order valence-electron chi connectivity index (χ3n) is 4.66. The van der Waals surface area contributed by atoms with Crippen molar-refractivity contribution >= 4 is 30.0 Å². The number of piperidine rings is 1. The summed E-state index contributed by atoms with van der Waals surface area (Å²) in [5.41, 5.74) is 2.15.